The molecular formula is C21H22N2O6S. The van der Waals surface area contributed by atoms with Crippen LogP contribution in [0.25, 0.3) is 0 Å². The molecule has 3 amide bonds. The monoisotopic (exact) mass is 430 g/mol. The number of hydrogen-bond donors (Lipinski definition) is 2. The Morgan fingerprint density at radius 2 is 1.73 bits per heavy atom. The minimum atomic E-state index is -3.52. The minimum Gasteiger partial charge on any atom is -0.506 e. The van der Waals surface area contributed by atoms with E-state index in [1.807, 2.05) is 6.92 Å². The molecule has 3 rings (SSSR count). The summed E-state index contributed by atoms with van der Waals surface area (Å²) in [4.78, 5) is 38.8. The van der Waals surface area contributed by atoms with Gasteiger partial charge >= 0.3 is 0 Å². The van der Waals surface area contributed by atoms with E-state index in [4.69, 9.17) is 0 Å². The van der Waals surface area contributed by atoms with Crippen molar-refractivity contribution in [3.8, 4) is 5.75 Å². The van der Waals surface area contributed by atoms with E-state index in [0.717, 1.165) is 6.42 Å². The standard InChI is InChI=1S/C21H22N2O6S/c1-3-5-10-23-20(26)15-8-6-13(11-16(15)21(23)27)19(25)22-17-12-14(7-9-18(17)24)30(28,29)4-2/h6-9,11-12,24H,3-5,10H2,1-2H3,(H,22,25). The van der Waals surface area contributed by atoms with E-state index < -0.39 is 21.7 Å². The number of hydrogen-bond acceptors (Lipinski definition) is 6. The third kappa shape index (κ3) is 3.93. The van der Waals surface area contributed by atoms with Crippen LogP contribution in [-0.4, -0.2) is 48.4 Å². The van der Waals surface area contributed by atoms with Gasteiger partial charge in [0, 0.05) is 12.1 Å². The molecule has 0 saturated heterocycles. The van der Waals surface area contributed by atoms with Crippen LogP contribution in [0.15, 0.2) is 41.3 Å². The molecule has 2 N–H and O–H groups in total. The number of sulfone groups is 1. The van der Waals surface area contributed by atoms with E-state index in [9.17, 15) is 27.9 Å². The third-order valence-electron chi connectivity index (χ3n) is 4.92. The molecule has 0 atom stereocenters. The second kappa shape index (κ2) is 8.27. The number of nitrogens with one attached hydrogen (secondary N) is 1. The summed E-state index contributed by atoms with van der Waals surface area (Å²) in [5, 5.41) is 12.5. The van der Waals surface area contributed by atoms with Crippen LogP contribution in [0.5, 0.6) is 5.75 Å². The Labute approximate surface area is 174 Å². The van der Waals surface area contributed by atoms with Crippen molar-refractivity contribution < 1.29 is 27.9 Å². The molecule has 0 radical (unpaired) electrons. The van der Waals surface area contributed by atoms with Crippen molar-refractivity contribution in [1.82, 2.24) is 4.90 Å². The molecule has 0 unspecified atom stereocenters. The van der Waals surface area contributed by atoms with Crippen molar-refractivity contribution in [2.24, 2.45) is 0 Å². The molecule has 8 nitrogen and oxygen atoms in total. The van der Waals surface area contributed by atoms with Gasteiger partial charge in [0.05, 0.1) is 27.5 Å². The summed E-state index contributed by atoms with van der Waals surface area (Å²) in [6.45, 7) is 3.76. The van der Waals surface area contributed by atoms with Crippen molar-refractivity contribution in [3.63, 3.8) is 0 Å². The Morgan fingerprint density at radius 1 is 1.03 bits per heavy atom. The number of carbonyl (C=O) groups excluding carboxylic acids is 3. The van der Waals surface area contributed by atoms with Crippen LogP contribution in [0.1, 0.15) is 57.8 Å². The largest absolute Gasteiger partial charge is 0.506 e. The number of anilines is 1. The number of unbranched alkanes of at least 4 members (excludes halogenated alkanes) is 1. The molecular weight excluding hydrogens is 408 g/mol. The number of carbonyl (C=O) groups is 3. The average Bonchev–Trinajstić information content (AvgIpc) is 2.97. The van der Waals surface area contributed by atoms with Crippen LogP contribution >= 0.6 is 0 Å². The van der Waals surface area contributed by atoms with Gasteiger partial charge in [-0.25, -0.2) is 8.42 Å². The molecule has 1 aliphatic heterocycles. The molecule has 0 saturated carbocycles. The average molecular weight is 430 g/mol. The zero-order valence-corrected chi connectivity index (χ0v) is 17.5. The SMILES string of the molecule is CCCCN1C(=O)c2ccc(C(=O)Nc3cc(S(=O)(=O)CC)ccc3O)cc2C1=O. The van der Waals surface area contributed by atoms with E-state index >= 15 is 0 Å². The molecule has 0 fully saturated rings. The van der Waals surface area contributed by atoms with Gasteiger partial charge in [0.1, 0.15) is 5.75 Å². The molecule has 158 valence electrons. The topological polar surface area (TPSA) is 121 Å². The van der Waals surface area contributed by atoms with E-state index in [1.165, 1.54) is 48.2 Å². The Morgan fingerprint density at radius 3 is 2.40 bits per heavy atom. The summed E-state index contributed by atoms with van der Waals surface area (Å²) in [6.07, 6.45) is 1.52. The van der Waals surface area contributed by atoms with Gasteiger partial charge in [0.25, 0.3) is 17.7 Å². The Bertz CT molecular complexity index is 1140. The van der Waals surface area contributed by atoms with E-state index in [0.29, 0.717) is 13.0 Å². The fourth-order valence-electron chi connectivity index (χ4n) is 3.12. The number of phenolic OH excluding ortho intramolecular Hbond substituents is 1. The van der Waals surface area contributed by atoms with Gasteiger partial charge in [-0.3, -0.25) is 19.3 Å². The molecule has 30 heavy (non-hydrogen) atoms. The highest BCUT2D eigenvalue weighted by atomic mass is 32.2. The van der Waals surface area contributed by atoms with Gasteiger partial charge < -0.3 is 10.4 Å². The second-order valence-electron chi connectivity index (χ2n) is 6.91. The number of imide groups is 1. The summed E-state index contributed by atoms with van der Waals surface area (Å²) in [5.74, 6) is -1.90. The Kier molecular flexibility index (Phi) is 5.93. The lowest BCUT2D eigenvalue weighted by atomic mass is 10.1. The first-order valence-electron chi connectivity index (χ1n) is 9.57. The zero-order chi connectivity index (χ0) is 22.1. The lowest BCUT2D eigenvalue weighted by molar-refractivity contribution is 0.0652. The number of aromatic hydroxyl groups is 1. The summed E-state index contributed by atoms with van der Waals surface area (Å²) in [7, 11) is -3.52. The second-order valence-corrected chi connectivity index (χ2v) is 9.19. The first-order valence-corrected chi connectivity index (χ1v) is 11.2. The highest BCUT2D eigenvalue weighted by Gasteiger charge is 2.35. The van der Waals surface area contributed by atoms with E-state index in [2.05, 4.69) is 5.32 Å². The van der Waals surface area contributed by atoms with E-state index in [-0.39, 0.29) is 44.7 Å². The summed E-state index contributed by atoms with van der Waals surface area (Å²) < 4.78 is 24.1. The Balaban J connectivity index is 1.87. The van der Waals surface area contributed by atoms with Crippen molar-refractivity contribution in [2.45, 2.75) is 31.6 Å². The number of rotatable bonds is 7. The Hall–Kier alpha value is -3.20. The normalized spacial score (nSPS) is 13.5. The molecule has 2 aromatic rings. The van der Waals surface area contributed by atoms with Crippen molar-refractivity contribution in [2.75, 3.05) is 17.6 Å². The van der Waals surface area contributed by atoms with E-state index in [1.54, 1.807) is 0 Å². The molecule has 0 aromatic heterocycles. The van der Waals surface area contributed by atoms with Crippen LogP contribution in [-0.2, 0) is 9.84 Å². The van der Waals surface area contributed by atoms with Gasteiger partial charge in [-0.1, -0.05) is 20.3 Å². The van der Waals surface area contributed by atoms with Crippen LogP contribution in [0.3, 0.4) is 0 Å². The van der Waals surface area contributed by atoms with Crippen molar-refractivity contribution >= 4 is 33.2 Å². The summed E-state index contributed by atoms with van der Waals surface area (Å²) in [6, 6.07) is 7.80. The van der Waals surface area contributed by atoms with Crippen LogP contribution < -0.4 is 5.32 Å². The third-order valence-corrected chi connectivity index (χ3v) is 6.66. The van der Waals surface area contributed by atoms with Gasteiger partial charge in [0.2, 0.25) is 0 Å². The first kappa shape index (κ1) is 21.5. The summed E-state index contributed by atoms with van der Waals surface area (Å²) >= 11 is 0. The lowest BCUT2D eigenvalue weighted by Crippen LogP contribution is -2.30. The lowest BCUT2D eigenvalue weighted by Gasteiger charge is -2.12. The molecule has 0 bridgehead atoms. The quantitative estimate of drug-likeness (QED) is 0.515. The summed E-state index contributed by atoms with van der Waals surface area (Å²) in [5.41, 5.74) is 0.430. The van der Waals surface area contributed by atoms with Crippen LogP contribution in [0, 0.1) is 0 Å². The predicted molar refractivity (Wildman–Crippen MR) is 111 cm³/mol. The predicted octanol–water partition coefficient (Wildman–Crippen LogP) is 2.83. The first-order chi connectivity index (χ1) is 14.2. The maximum atomic E-state index is 12.7. The van der Waals surface area contributed by atoms with Crippen molar-refractivity contribution in [3.05, 3.63) is 53.1 Å². The molecule has 2 aromatic carbocycles. The van der Waals surface area contributed by atoms with Gasteiger partial charge in [-0.05, 0) is 42.8 Å². The maximum Gasteiger partial charge on any atom is 0.261 e. The molecule has 0 aliphatic carbocycles. The minimum absolute atomic E-state index is 0.0283. The number of nitrogens with zero attached hydrogens (tertiary/aromatic N) is 1. The van der Waals surface area contributed by atoms with Crippen LogP contribution in [0.2, 0.25) is 0 Å². The number of amides is 3. The highest BCUT2D eigenvalue weighted by Crippen LogP contribution is 2.29. The number of fused-ring (bicyclic) bond motifs is 1. The number of benzene rings is 2. The highest BCUT2D eigenvalue weighted by molar-refractivity contribution is 7.91. The van der Waals surface area contributed by atoms with Crippen molar-refractivity contribution in [1.29, 1.82) is 0 Å². The maximum absolute atomic E-state index is 12.7. The number of phenols is 1. The van der Waals surface area contributed by atoms with Gasteiger partial charge in [-0.15, -0.1) is 0 Å². The fraction of sp³-hybridized carbons (Fsp3) is 0.286. The molecule has 1 heterocycles. The smallest absolute Gasteiger partial charge is 0.261 e. The fourth-order valence-corrected chi connectivity index (χ4v) is 4.03. The van der Waals surface area contributed by atoms with Gasteiger partial charge in [0.15, 0.2) is 9.84 Å². The molecule has 9 heteroatoms. The zero-order valence-electron chi connectivity index (χ0n) is 16.6. The molecule has 0 spiro atoms. The molecule has 1 aliphatic rings. The van der Waals surface area contributed by atoms with Gasteiger partial charge in [-0.2, -0.15) is 0 Å². The van der Waals surface area contributed by atoms with Crippen LogP contribution in [0.4, 0.5) is 5.69 Å².